The molecule has 6 nitrogen and oxygen atoms in total. The predicted octanol–water partition coefficient (Wildman–Crippen LogP) is 2.67. The summed E-state index contributed by atoms with van der Waals surface area (Å²) in [6.07, 6.45) is 3.10. The molecule has 5 atom stereocenters. The highest BCUT2D eigenvalue weighted by Crippen LogP contribution is 2.56. The van der Waals surface area contributed by atoms with E-state index < -0.39 is 16.1 Å². The Morgan fingerprint density at radius 2 is 1.87 bits per heavy atom. The van der Waals surface area contributed by atoms with Crippen molar-refractivity contribution in [3.63, 3.8) is 0 Å². The van der Waals surface area contributed by atoms with Crippen molar-refractivity contribution in [2.24, 2.45) is 17.8 Å². The molecule has 1 amide bonds. The maximum Gasteiger partial charge on any atom is 0.258 e. The zero-order valence-corrected chi connectivity index (χ0v) is 18.0. The fourth-order valence-electron chi connectivity index (χ4n) is 6.46. The Kier molecular flexibility index (Phi) is 4.32. The molecule has 31 heavy (non-hydrogen) atoms. The minimum absolute atomic E-state index is 0.139. The zero-order valence-electron chi connectivity index (χ0n) is 17.2. The number of anilines is 1. The Bertz CT molecular complexity index is 1160. The zero-order chi connectivity index (χ0) is 21.3. The Hall–Kier alpha value is -2.22. The van der Waals surface area contributed by atoms with Crippen LogP contribution in [0.4, 0.5) is 5.69 Å². The maximum absolute atomic E-state index is 13.5. The lowest BCUT2D eigenvalue weighted by atomic mass is 9.88. The molecule has 7 heteroatoms. The number of hydrogen-bond donors (Lipinski definition) is 1. The SMILES string of the molecule is O=C(c1cccc(S(=O)(=O)N2C[C@@H]3C[C@H]4C[C@H]3[C@H]2[C@@H]4O)c1)N1CCCc2ccccc21. The number of hydrogen-bond acceptors (Lipinski definition) is 4. The van der Waals surface area contributed by atoms with Gasteiger partial charge in [-0.1, -0.05) is 24.3 Å². The Balaban J connectivity index is 1.32. The Morgan fingerprint density at radius 1 is 1.03 bits per heavy atom. The molecule has 4 aliphatic rings. The summed E-state index contributed by atoms with van der Waals surface area (Å²) in [5.41, 5.74) is 2.43. The van der Waals surface area contributed by atoms with Crippen LogP contribution < -0.4 is 4.90 Å². The largest absolute Gasteiger partial charge is 0.391 e. The number of rotatable bonds is 3. The summed E-state index contributed by atoms with van der Waals surface area (Å²) in [4.78, 5) is 15.2. The first-order valence-corrected chi connectivity index (χ1v) is 12.6. The molecular formula is C24H26N2O4S. The highest BCUT2D eigenvalue weighted by molar-refractivity contribution is 7.89. The van der Waals surface area contributed by atoms with Crippen molar-refractivity contribution < 1.29 is 18.3 Å². The second kappa shape index (κ2) is 6.89. The molecule has 6 rings (SSSR count). The van der Waals surface area contributed by atoms with Gasteiger partial charge in [-0.2, -0.15) is 4.31 Å². The van der Waals surface area contributed by atoms with Crippen LogP contribution in [0.5, 0.6) is 0 Å². The van der Waals surface area contributed by atoms with E-state index in [2.05, 4.69) is 0 Å². The molecule has 2 aliphatic heterocycles. The summed E-state index contributed by atoms with van der Waals surface area (Å²) in [6, 6.07) is 14.0. The van der Waals surface area contributed by atoms with Crippen LogP contribution in [-0.2, 0) is 16.4 Å². The second-order valence-corrected chi connectivity index (χ2v) is 11.3. The van der Waals surface area contributed by atoms with Crippen molar-refractivity contribution in [2.75, 3.05) is 18.0 Å². The minimum atomic E-state index is -3.78. The van der Waals surface area contributed by atoms with Crippen LogP contribution in [0.25, 0.3) is 0 Å². The van der Waals surface area contributed by atoms with Gasteiger partial charge in [0, 0.05) is 24.3 Å². The number of carbonyl (C=O) groups is 1. The Labute approximate surface area is 182 Å². The van der Waals surface area contributed by atoms with Gasteiger partial charge in [0.05, 0.1) is 17.0 Å². The van der Waals surface area contributed by atoms with Crippen LogP contribution in [0, 0.1) is 17.8 Å². The number of fused-ring (bicyclic) bond motifs is 2. The van der Waals surface area contributed by atoms with Crippen molar-refractivity contribution >= 4 is 21.6 Å². The molecule has 0 aromatic heterocycles. The molecule has 1 saturated heterocycles. The third-order valence-corrected chi connectivity index (χ3v) is 9.71. The molecule has 2 saturated carbocycles. The molecule has 2 heterocycles. The van der Waals surface area contributed by atoms with Crippen LogP contribution in [-0.4, -0.2) is 49.0 Å². The fourth-order valence-corrected chi connectivity index (χ4v) is 8.25. The van der Waals surface area contributed by atoms with Gasteiger partial charge in [0.2, 0.25) is 10.0 Å². The van der Waals surface area contributed by atoms with Crippen molar-refractivity contribution in [3.8, 4) is 0 Å². The molecule has 0 spiro atoms. The van der Waals surface area contributed by atoms with E-state index >= 15 is 0 Å². The number of para-hydroxylation sites is 1. The summed E-state index contributed by atoms with van der Waals surface area (Å²) >= 11 is 0. The van der Waals surface area contributed by atoms with Crippen LogP contribution in [0.15, 0.2) is 53.4 Å². The van der Waals surface area contributed by atoms with Gasteiger partial charge >= 0.3 is 0 Å². The van der Waals surface area contributed by atoms with Gasteiger partial charge in [-0.15, -0.1) is 0 Å². The summed E-state index contributed by atoms with van der Waals surface area (Å²) in [5, 5.41) is 10.6. The molecule has 2 bridgehead atoms. The van der Waals surface area contributed by atoms with Gasteiger partial charge in [0.15, 0.2) is 0 Å². The molecule has 2 aromatic carbocycles. The molecular weight excluding hydrogens is 412 g/mol. The summed E-state index contributed by atoms with van der Waals surface area (Å²) < 4.78 is 28.6. The van der Waals surface area contributed by atoms with Crippen molar-refractivity contribution in [1.82, 2.24) is 4.31 Å². The lowest BCUT2D eigenvalue weighted by Crippen LogP contribution is -2.43. The van der Waals surface area contributed by atoms with Crippen molar-refractivity contribution in [1.29, 1.82) is 0 Å². The van der Waals surface area contributed by atoms with Crippen LogP contribution in [0.3, 0.4) is 0 Å². The van der Waals surface area contributed by atoms with Crippen LogP contribution in [0.1, 0.15) is 35.2 Å². The van der Waals surface area contributed by atoms with Crippen LogP contribution >= 0.6 is 0 Å². The molecule has 162 valence electrons. The van der Waals surface area contributed by atoms with Gasteiger partial charge in [-0.3, -0.25) is 4.79 Å². The Morgan fingerprint density at radius 3 is 2.71 bits per heavy atom. The number of aliphatic hydroxyl groups excluding tert-OH is 1. The van der Waals surface area contributed by atoms with E-state index in [4.69, 9.17) is 0 Å². The van der Waals surface area contributed by atoms with E-state index in [0.29, 0.717) is 24.6 Å². The lowest BCUT2D eigenvalue weighted by Gasteiger charge is -2.30. The predicted molar refractivity (Wildman–Crippen MR) is 116 cm³/mol. The summed E-state index contributed by atoms with van der Waals surface area (Å²) in [7, 11) is -3.78. The highest BCUT2D eigenvalue weighted by atomic mass is 32.2. The fraction of sp³-hybridized carbons (Fsp3) is 0.458. The average Bonchev–Trinajstić information content (AvgIpc) is 3.42. The summed E-state index contributed by atoms with van der Waals surface area (Å²) in [5.74, 6) is 0.672. The number of amides is 1. The molecule has 2 aromatic rings. The monoisotopic (exact) mass is 438 g/mol. The van der Waals surface area contributed by atoms with E-state index in [1.54, 1.807) is 23.1 Å². The van der Waals surface area contributed by atoms with Gasteiger partial charge in [-0.25, -0.2) is 8.42 Å². The summed E-state index contributed by atoms with van der Waals surface area (Å²) in [6.45, 7) is 1.10. The van der Waals surface area contributed by atoms with Gasteiger partial charge in [0.25, 0.3) is 5.91 Å². The topological polar surface area (TPSA) is 77.9 Å². The normalized spacial score (nSPS) is 31.8. The quantitative estimate of drug-likeness (QED) is 0.799. The van der Waals surface area contributed by atoms with Gasteiger partial charge < -0.3 is 10.0 Å². The number of sulfonamides is 1. The first-order valence-electron chi connectivity index (χ1n) is 11.1. The molecule has 1 N–H and O–H groups in total. The van der Waals surface area contributed by atoms with Gasteiger partial charge in [-0.05, 0) is 73.3 Å². The number of carbonyl (C=O) groups excluding carboxylic acids is 1. The van der Waals surface area contributed by atoms with E-state index in [0.717, 1.165) is 36.9 Å². The third kappa shape index (κ3) is 2.83. The first kappa shape index (κ1) is 19.5. The third-order valence-electron chi connectivity index (χ3n) is 7.85. The smallest absolute Gasteiger partial charge is 0.258 e. The number of nitrogens with zero attached hydrogens (tertiary/aromatic N) is 2. The maximum atomic E-state index is 13.5. The number of aryl methyl sites for hydroxylation is 1. The van der Waals surface area contributed by atoms with Crippen molar-refractivity contribution in [2.45, 2.75) is 42.7 Å². The van der Waals surface area contributed by atoms with E-state index in [1.807, 2.05) is 24.3 Å². The number of aliphatic hydroxyl groups is 1. The second-order valence-electron chi connectivity index (χ2n) is 9.43. The van der Waals surface area contributed by atoms with E-state index in [9.17, 15) is 18.3 Å². The number of benzene rings is 2. The molecule has 2 aliphatic carbocycles. The lowest BCUT2D eigenvalue weighted by molar-refractivity contribution is 0.0731. The average molecular weight is 439 g/mol. The standard InChI is InChI=1S/C24H26N2O4S/c27-23-17-11-18-14-26(22(23)20(18)13-17)31(29,30)19-8-3-6-16(12-19)24(28)25-10-4-7-15-5-1-2-9-21(15)25/h1-3,5-6,8-9,12,17-18,20,22-23,27H,4,7,10-11,13-14H2/t17-,18-,20+,22-,23+/m0/s1. The van der Waals surface area contributed by atoms with Gasteiger partial charge in [0.1, 0.15) is 0 Å². The van der Waals surface area contributed by atoms with Crippen molar-refractivity contribution in [3.05, 3.63) is 59.7 Å². The highest BCUT2D eigenvalue weighted by Gasteiger charge is 2.61. The molecule has 3 fully saturated rings. The molecule has 0 radical (unpaired) electrons. The molecule has 0 unspecified atom stereocenters. The first-order chi connectivity index (χ1) is 14.9. The van der Waals surface area contributed by atoms with Crippen LogP contribution in [0.2, 0.25) is 0 Å². The van der Waals surface area contributed by atoms with E-state index in [-0.39, 0.29) is 28.7 Å². The van der Waals surface area contributed by atoms with E-state index in [1.165, 1.54) is 10.4 Å². The minimum Gasteiger partial charge on any atom is -0.391 e.